The number of nitrogens with two attached hydrogens (primary N) is 1. The number of rotatable bonds is 6. The minimum Gasteiger partial charge on any atom is -0.327 e. The molecular formula is C19H25N. The summed E-state index contributed by atoms with van der Waals surface area (Å²) in [7, 11) is 0. The lowest BCUT2D eigenvalue weighted by Gasteiger charge is -2.37. The molecule has 2 N–H and O–H groups in total. The average Bonchev–Trinajstić information content (AvgIpc) is 2.53. The minimum atomic E-state index is -0.127. The van der Waals surface area contributed by atoms with E-state index in [-0.39, 0.29) is 11.5 Å². The van der Waals surface area contributed by atoms with Crippen molar-refractivity contribution in [3.63, 3.8) is 0 Å². The zero-order valence-corrected chi connectivity index (χ0v) is 12.5. The number of unbranched alkanes of at least 4 members (excludes halogenated alkanes) is 1. The molecule has 0 saturated carbocycles. The molecule has 0 saturated heterocycles. The molecule has 1 nitrogen and oxygen atoms in total. The van der Waals surface area contributed by atoms with Crippen LogP contribution in [0.5, 0.6) is 0 Å². The van der Waals surface area contributed by atoms with E-state index in [1.807, 2.05) is 0 Å². The monoisotopic (exact) mass is 267 g/mol. The van der Waals surface area contributed by atoms with Crippen molar-refractivity contribution >= 4 is 0 Å². The molecule has 2 aromatic rings. The largest absolute Gasteiger partial charge is 0.327 e. The standard InChI is InChI=1S/C19H25N/c1-3-4-15-18(20)19(2,16-11-7-5-8-12-16)17-13-9-6-10-14-17/h5-14,18H,3-4,15,20H2,1-2H3. The van der Waals surface area contributed by atoms with E-state index in [1.54, 1.807) is 0 Å². The van der Waals surface area contributed by atoms with E-state index < -0.39 is 0 Å². The van der Waals surface area contributed by atoms with E-state index in [0.717, 1.165) is 6.42 Å². The summed E-state index contributed by atoms with van der Waals surface area (Å²) in [6, 6.07) is 21.4. The maximum absolute atomic E-state index is 6.60. The quantitative estimate of drug-likeness (QED) is 0.818. The van der Waals surface area contributed by atoms with E-state index in [1.165, 1.54) is 24.0 Å². The molecule has 0 amide bonds. The predicted molar refractivity (Wildman–Crippen MR) is 86.8 cm³/mol. The third kappa shape index (κ3) is 2.94. The number of hydrogen-bond donors (Lipinski definition) is 1. The molecule has 0 bridgehead atoms. The first-order valence-corrected chi connectivity index (χ1v) is 7.56. The van der Waals surface area contributed by atoms with Crippen molar-refractivity contribution in [2.75, 3.05) is 0 Å². The van der Waals surface area contributed by atoms with Crippen LogP contribution in [-0.4, -0.2) is 6.04 Å². The van der Waals surface area contributed by atoms with Gasteiger partial charge in [0.15, 0.2) is 0 Å². The molecular weight excluding hydrogens is 242 g/mol. The van der Waals surface area contributed by atoms with Crippen molar-refractivity contribution in [1.29, 1.82) is 0 Å². The van der Waals surface area contributed by atoms with Gasteiger partial charge >= 0.3 is 0 Å². The van der Waals surface area contributed by atoms with Crippen LogP contribution < -0.4 is 5.73 Å². The molecule has 0 radical (unpaired) electrons. The Kier molecular flexibility index (Phi) is 4.97. The van der Waals surface area contributed by atoms with Gasteiger partial charge in [-0.25, -0.2) is 0 Å². The molecule has 1 heteroatoms. The highest BCUT2D eigenvalue weighted by Crippen LogP contribution is 2.36. The Bertz CT molecular complexity index is 464. The molecule has 1 unspecified atom stereocenters. The van der Waals surface area contributed by atoms with Gasteiger partial charge in [-0.05, 0) is 24.5 Å². The Balaban J connectivity index is 2.43. The summed E-state index contributed by atoms with van der Waals surface area (Å²) in [4.78, 5) is 0. The van der Waals surface area contributed by atoms with Gasteiger partial charge in [0, 0.05) is 11.5 Å². The van der Waals surface area contributed by atoms with Crippen molar-refractivity contribution < 1.29 is 0 Å². The predicted octanol–water partition coefficient (Wildman–Crippen LogP) is 4.51. The Morgan fingerprint density at radius 2 is 1.35 bits per heavy atom. The fraction of sp³-hybridized carbons (Fsp3) is 0.368. The lowest BCUT2D eigenvalue weighted by molar-refractivity contribution is 0.408. The Morgan fingerprint density at radius 1 is 0.900 bits per heavy atom. The first-order chi connectivity index (χ1) is 9.69. The summed E-state index contributed by atoms with van der Waals surface area (Å²) in [5.41, 5.74) is 9.08. The van der Waals surface area contributed by atoms with Gasteiger partial charge in [-0.3, -0.25) is 0 Å². The lowest BCUT2D eigenvalue weighted by Crippen LogP contribution is -2.44. The molecule has 0 heterocycles. The van der Waals surface area contributed by atoms with Gasteiger partial charge in [-0.15, -0.1) is 0 Å². The van der Waals surface area contributed by atoms with Crippen molar-refractivity contribution in [3.05, 3.63) is 71.8 Å². The highest BCUT2D eigenvalue weighted by Gasteiger charge is 2.34. The molecule has 0 aliphatic carbocycles. The van der Waals surface area contributed by atoms with E-state index in [4.69, 9.17) is 5.73 Å². The Hall–Kier alpha value is -1.60. The van der Waals surface area contributed by atoms with Gasteiger partial charge in [-0.2, -0.15) is 0 Å². The summed E-state index contributed by atoms with van der Waals surface area (Å²) < 4.78 is 0. The topological polar surface area (TPSA) is 26.0 Å². The van der Waals surface area contributed by atoms with Crippen LogP contribution in [0.1, 0.15) is 44.2 Å². The number of hydrogen-bond acceptors (Lipinski definition) is 1. The summed E-state index contributed by atoms with van der Waals surface area (Å²) >= 11 is 0. The molecule has 0 aliphatic rings. The summed E-state index contributed by atoms with van der Waals surface area (Å²) in [6.45, 7) is 4.49. The van der Waals surface area contributed by atoms with Crippen molar-refractivity contribution in [2.24, 2.45) is 5.73 Å². The maximum atomic E-state index is 6.60. The molecule has 0 fully saturated rings. The molecule has 20 heavy (non-hydrogen) atoms. The van der Waals surface area contributed by atoms with Crippen LogP contribution in [-0.2, 0) is 5.41 Å². The highest BCUT2D eigenvalue weighted by molar-refractivity contribution is 5.40. The van der Waals surface area contributed by atoms with Crippen molar-refractivity contribution in [3.8, 4) is 0 Å². The highest BCUT2D eigenvalue weighted by atomic mass is 14.7. The SMILES string of the molecule is CCCCC(N)C(C)(c1ccccc1)c1ccccc1. The van der Waals surface area contributed by atoms with Crippen LogP contribution >= 0.6 is 0 Å². The van der Waals surface area contributed by atoms with Crippen LogP contribution in [0.15, 0.2) is 60.7 Å². The summed E-state index contributed by atoms with van der Waals surface area (Å²) in [6.07, 6.45) is 3.42. The van der Waals surface area contributed by atoms with Crippen molar-refractivity contribution in [2.45, 2.75) is 44.6 Å². The van der Waals surface area contributed by atoms with E-state index >= 15 is 0 Å². The van der Waals surface area contributed by atoms with Gasteiger partial charge in [-0.1, -0.05) is 80.4 Å². The fourth-order valence-electron chi connectivity index (χ4n) is 2.88. The van der Waals surface area contributed by atoms with Crippen LogP contribution in [0, 0.1) is 0 Å². The smallest absolute Gasteiger partial charge is 0.0325 e. The van der Waals surface area contributed by atoms with Gasteiger partial charge in [0.25, 0.3) is 0 Å². The molecule has 1 atom stereocenters. The van der Waals surface area contributed by atoms with E-state index in [9.17, 15) is 0 Å². The van der Waals surface area contributed by atoms with Crippen LogP contribution in [0.4, 0.5) is 0 Å². The second-order valence-electron chi connectivity index (χ2n) is 5.68. The Labute approximate surface area is 122 Å². The molecule has 0 aliphatic heterocycles. The van der Waals surface area contributed by atoms with Crippen LogP contribution in [0.3, 0.4) is 0 Å². The normalized spacial score (nSPS) is 13.2. The minimum absolute atomic E-state index is 0.127. The fourth-order valence-corrected chi connectivity index (χ4v) is 2.88. The molecule has 0 spiro atoms. The Morgan fingerprint density at radius 3 is 1.75 bits per heavy atom. The zero-order valence-electron chi connectivity index (χ0n) is 12.5. The van der Waals surface area contributed by atoms with E-state index in [2.05, 4.69) is 74.5 Å². The van der Waals surface area contributed by atoms with Gasteiger partial charge in [0.05, 0.1) is 0 Å². The maximum Gasteiger partial charge on any atom is 0.0325 e. The molecule has 0 aromatic heterocycles. The molecule has 2 rings (SSSR count). The van der Waals surface area contributed by atoms with Crippen molar-refractivity contribution in [1.82, 2.24) is 0 Å². The zero-order chi connectivity index (χ0) is 14.4. The van der Waals surface area contributed by atoms with E-state index in [0.29, 0.717) is 0 Å². The first-order valence-electron chi connectivity index (χ1n) is 7.56. The van der Waals surface area contributed by atoms with Gasteiger partial charge in [0.1, 0.15) is 0 Å². The molecule has 2 aromatic carbocycles. The first kappa shape index (κ1) is 14.8. The third-order valence-electron chi connectivity index (χ3n) is 4.36. The van der Waals surface area contributed by atoms with Crippen LogP contribution in [0.25, 0.3) is 0 Å². The average molecular weight is 267 g/mol. The van der Waals surface area contributed by atoms with Gasteiger partial charge in [0.2, 0.25) is 0 Å². The lowest BCUT2D eigenvalue weighted by atomic mass is 9.69. The second kappa shape index (κ2) is 6.71. The number of benzene rings is 2. The van der Waals surface area contributed by atoms with Crippen LogP contribution in [0.2, 0.25) is 0 Å². The van der Waals surface area contributed by atoms with Gasteiger partial charge < -0.3 is 5.73 Å². The second-order valence-corrected chi connectivity index (χ2v) is 5.68. The summed E-state index contributed by atoms with van der Waals surface area (Å²) in [5.74, 6) is 0. The molecule has 106 valence electrons. The summed E-state index contributed by atoms with van der Waals surface area (Å²) in [5, 5.41) is 0. The third-order valence-corrected chi connectivity index (χ3v) is 4.36.